The van der Waals surface area contributed by atoms with Gasteiger partial charge in [-0.2, -0.15) is 0 Å². The van der Waals surface area contributed by atoms with Crippen molar-refractivity contribution in [2.24, 2.45) is 5.41 Å². The maximum Gasteiger partial charge on any atom is 0.126 e. The molecule has 3 heterocycles. The van der Waals surface area contributed by atoms with Crippen LogP contribution in [0.3, 0.4) is 0 Å². The zero-order chi connectivity index (χ0) is 32.6. The van der Waals surface area contributed by atoms with Gasteiger partial charge in [-0.1, -0.05) is 88.5 Å². The second kappa shape index (κ2) is 13.9. The first-order valence-electron chi connectivity index (χ1n) is 15.6. The third-order valence-electron chi connectivity index (χ3n) is 7.49. The molecule has 45 heavy (non-hydrogen) atoms. The molecule has 3 nitrogen and oxygen atoms in total. The second-order valence-electron chi connectivity index (χ2n) is 13.8. The summed E-state index contributed by atoms with van der Waals surface area (Å²) in [6, 6.07) is 28.8. The average Bonchev–Trinajstić information content (AvgIpc) is 3.34. The molecule has 6 aromatic rings. The Hall–Kier alpha value is -3.44. The molecule has 0 aliphatic carbocycles. The van der Waals surface area contributed by atoms with E-state index in [1.165, 1.54) is 22.9 Å². The molecule has 3 aromatic carbocycles. The van der Waals surface area contributed by atoms with Crippen molar-refractivity contribution in [1.82, 2.24) is 9.97 Å². The van der Waals surface area contributed by atoms with E-state index >= 15 is 0 Å². The SMILES string of the molecule is CC(C)(C)Cc1cc(-c2[c-]cccc2)ncc1[Si](C)(C)C.[2H]C(C)(C)c1ccnc(-c2[c-]ccc3c2oc2cc(F)ccc23)c1.[Ir]. The Morgan fingerprint density at radius 2 is 1.69 bits per heavy atom. The molecule has 0 spiro atoms. The van der Waals surface area contributed by atoms with Crippen molar-refractivity contribution in [3.63, 3.8) is 0 Å². The molecule has 235 valence electrons. The Bertz CT molecular complexity index is 1950. The van der Waals surface area contributed by atoms with Gasteiger partial charge in [-0.15, -0.1) is 54.1 Å². The number of halogens is 1. The number of pyridine rings is 2. The van der Waals surface area contributed by atoms with Crippen molar-refractivity contribution in [2.75, 3.05) is 0 Å². The first kappa shape index (κ1) is 32.9. The fourth-order valence-electron chi connectivity index (χ4n) is 5.37. The Morgan fingerprint density at radius 3 is 2.36 bits per heavy atom. The molecule has 0 unspecified atom stereocenters. The van der Waals surface area contributed by atoms with Gasteiger partial charge in [0.2, 0.25) is 0 Å². The normalized spacial score (nSPS) is 12.3. The number of rotatable bonds is 5. The van der Waals surface area contributed by atoms with Crippen LogP contribution in [0, 0.1) is 23.4 Å². The van der Waals surface area contributed by atoms with Crippen LogP contribution in [0.1, 0.15) is 53.0 Å². The van der Waals surface area contributed by atoms with Crippen LogP contribution < -0.4 is 5.19 Å². The zero-order valence-corrected chi connectivity index (χ0v) is 30.7. The van der Waals surface area contributed by atoms with Gasteiger partial charge < -0.3 is 14.4 Å². The number of fused-ring (bicyclic) bond motifs is 3. The standard InChI is InChI=1S/C20H15FNO.C19H26NSi.Ir/c1-12(2)13-8-9-22-18(10-13)17-5-3-4-16-15-7-6-14(21)11-19(15)23-20(16)17;1-19(2,3)13-16-12-17(15-10-8-7-9-11-15)20-14-18(16)21(4,5)6;/h3-4,6-12H,1-2H3;7-10,12,14H,13H2,1-6H3;/q2*-1;/i12D;;. The second-order valence-corrected chi connectivity index (χ2v) is 18.8. The quantitative estimate of drug-likeness (QED) is 0.129. The summed E-state index contributed by atoms with van der Waals surface area (Å²) in [6.45, 7) is 17.8. The van der Waals surface area contributed by atoms with E-state index in [1.807, 2.05) is 56.3 Å². The summed E-state index contributed by atoms with van der Waals surface area (Å²) in [4.78, 5) is 9.12. The van der Waals surface area contributed by atoms with Crippen LogP contribution in [-0.2, 0) is 26.5 Å². The van der Waals surface area contributed by atoms with Gasteiger partial charge in [0.05, 0.1) is 13.7 Å². The summed E-state index contributed by atoms with van der Waals surface area (Å²) in [7, 11) is -1.37. The molecule has 0 atom stereocenters. The van der Waals surface area contributed by atoms with Crippen LogP contribution in [0.2, 0.25) is 19.6 Å². The van der Waals surface area contributed by atoms with Gasteiger partial charge in [0.15, 0.2) is 0 Å². The van der Waals surface area contributed by atoms with Crippen LogP contribution >= 0.6 is 0 Å². The summed E-state index contributed by atoms with van der Waals surface area (Å²) in [5.74, 6) is -1.05. The predicted molar refractivity (Wildman–Crippen MR) is 184 cm³/mol. The van der Waals surface area contributed by atoms with E-state index in [0.717, 1.165) is 39.6 Å². The maximum absolute atomic E-state index is 13.5. The molecule has 0 saturated carbocycles. The summed E-state index contributed by atoms with van der Waals surface area (Å²) in [6.07, 6.45) is 4.90. The first-order valence-corrected chi connectivity index (χ1v) is 18.6. The van der Waals surface area contributed by atoms with Crippen LogP contribution in [-0.4, -0.2) is 18.0 Å². The molecule has 0 bridgehead atoms. The Kier molecular flexibility index (Phi) is 10.2. The van der Waals surface area contributed by atoms with Gasteiger partial charge in [-0.05, 0) is 52.5 Å². The fraction of sp³-hybridized carbons (Fsp3) is 0.282. The third kappa shape index (κ3) is 8.24. The van der Waals surface area contributed by atoms with E-state index < -0.39 is 14.0 Å². The summed E-state index contributed by atoms with van der Waals surface area (Å²) in [5, 5.41) is 3.24. The molecular weight excluding hydrogens is 752 g/mol. The van der Waals surface area contributed by atoms with E-state index in [2.05, 4.69) is 75.9 Å². The monoisotopic (exact) mass is 794 g/mol. The van der Waals surface area contributed by atoms with Crippen LogP contribution in [0.25, 0.3) is 44.5 Å². The van der Waals surface area contributed by atoms with E-state index in [1.54, 1.807) is 12.3 Å². The topological polar surface area (TPSA) is 38.9 Å². The van der Waals surface area contributed by atoms with E-state index in [4.69, 9.17) is 10.8 Å². The van der Waals surface area contributed by atoms with Gasteiger partial charge in [0, 0.05) is 45.3 Å². The molecular formula is C39H41FIrN2OSi-2. The zero-order valence-electron chi connectivity index (χ0n) is 28.3. The number of nitrogens with zero attached hydrogens (tertiary/aromatic N) is 2. The van der Waals surface area contributed by atoms with Crippen molar-refractivity contribution in [3.05, 3.63) is 114 Å². The van der Waals surface area contributed by atoms with Crippen LogP contribution in [0.15, 0.2) is 89.6 Å². The van der Waals surface area contributed by atoms with Crippen molar-refractivity contribution in [3.8, 4) is 22.5 Å². The van der Waals surface area contributed by atoms with Gasteiger partial charge in [-0.25, -0.2) is 4.39 Å². The van der Waals surface area contributed by atoms with Gasteiger partial charge in [-0.3, -0.25) is 0 Å². The van der Waals surface area contributed by atoms with E-state index in [-0.39, 0.29) is 31.3 Å². The third-order valence-corrected chi connectivity index (χ3v) is 9.56. The molecule has 6 rings (SSSR count). The molecule has 0 N–H and O–H groups in total. The molecule has 0 fully saturated rings. The minimum atomic E-state index is -1.37. The largest absolute Gasteiger partial charge is 0.500 e. The smallest absolute Gasteiger partial charge is 0.126 e. The molecule has 3 aromatic heterocycles. The van der Waals surface area contributed by atoms with Crippen molar-refractivity contribution >= 4 is 35.2 Å². The van der Waals surface area contributed by atoms with E-state index in [0.29, 0.717) is 16.9 Å². The van der Waals surface area contributed by atoms with Crippen molar-refractivity contribution in [2.45, 2.75) is 66.6 Å². The minimum Gasteiger partial charge on any atom is -0.500 e. The number of benzene rings is 3. The van der Waals surface area contributed by atoms with Gasteiger partial charge in [0.25, 0.3) is 0 Å². The summed E-state index contributed by atoms with van der Waals surface area (Å²) < 4.78 is 27.6. The Balaban J connectivity index is 0.000000207. The maximum atomic E-state index is 13.5. The van der Waals surface area contributed by atoms with Crippen molar-refractivity contribution in [1.29, 1.82) is 0 Å². The van der Waals surface area contributed by atoms with Crippen molar-refractivity contribution < 1.29 is 30.3 Å². The first-order chi connectivity index (χ1) is 21.1. The minimum absolute atomic E-state index is 0. The Labute approximate surface area is 283 Å². The number of furan rings is 1. The number of hydrogen-bond donors (Lipinski definition) is 0. The summed E-state index contributed by atoms with van der Waals surface area (Å²) in [5.41, 5.74) is 7.27. The summed E-state index contributed by atoms with van der Waals surface area (Å²) >= 11 is 0. The number of aromatic nitrogens is 2. The van der Waals surface area contributed by atoms with Gasteiger partial charge in [0.1, 0.15) is 11.4 Å². The number of hydrogen-bond acceptors (Lipinski definition) is 3. The Morgan fingerprint density at radius 1 is 0.911 bits per heavy atom. The molecule has 0 amide bonds. The molecule has 6 heteroatoms. The molecule has 0 aliphatic rings. The predicted octanol–water partition coefficient (Wildman–Crippen LogP) is 10.4. The molecule has 0 saturated heterocycles. The molecule has 0 aliphatic heterocycles. The van der Waals surface area contributed by atoms with Crippen LogP contribution in [0.4, 0.5) is 4.39 Å². The molecule has 1 radical (unpaired) electrons. The average molecular weight is 794 g/mol. The van der Waals surface area contributed by atoms with Gasteiger partial charge >= 0.3 is 0 Å². The fourth-order valence-corrected chi connectivity index (χ4v) is 6.95. The van der Waals surface area contributed by atoms with E-state index in [9.17, 15) is 4.39 Å². The van der Waals surface area contributed by atoms with Crippen LogP contribution in [0.5, 0.6) is 0 Å².